The van der Waals surface area contributed by atoms with Crippen LogP contribution in [0.15, 0.2) is 24.4 Å². The maximum atomic E-state index is 14.7. The summed E-state index contributed by atoms with van der Waals surface area (Å²) in [4.78, 5) is 15.0. The molecular formula is C25H29FN10. The summed E-state index contributed by atoms with van der Waals surface area (Å²) in [5.41, 5.74) is 1.24. The predicted molar refractivity (Wildman–Crippen MR) is 133 cm³/mol. The monoisotopic (exact) mass is 488 g/mol. The van der Waals surface area contributed by atoms with E-state index in [-0.39, 0.29) is 11.6 Å². The van der Waals surface area contributed by atoms with Gasteiger partial charge >= 0.3 is 0 Å². The van der Waals surface area contributed by atoms with Crippen molar-refractivity contribution in [1.82, 2.24) is 35.1 Å². The van der Waals surface area contributed by atoms with Crippen LogP contribution in [0.4, 0.5) is 27.5 Å². The first-order chi connectivity index (χ1) is 17.7. The Morgan fingerprint density at radius 1 is 1.11 bits per heavy atom. The summed E-state index contributed by atoms with van der Waals surface area (Å²) < 4.78 is 16.4. The third-order valence-electron chi connectivity index (χ3n) is 7.53. The fourth-order valence-electron chi connectivity index (χ4n) is 5.53. The first-order valence-electron chi connectivity index (χ1n) is 12.8. The third kappa shape index (κ3) is 4.60. The Morgan fingerprint density at radius 2 is 2.00 bits per heavy atom. The molecule has 0 unspecified atom stereocenters. The minimum Gasteiger partial charge on any atom is -0.378 e. The molecule has 186 valence electrons. The van der Waals surface area contributed by atoms with Gasteiger partial charge in [-0.25, -0.2) is 19.2 Å². The smallest absolute Gasteiger partial charge is 0.246 e. The van der Waals surface area contributed by atoms with Crippen molar-refractivity contribution < 1.29 is 4.39 Å². The van der Waals surface area contributed by atoms with Crippen molar-refractivity contribution in [3.05, 3.63) is 47.5 Å². The molecule has 0 amide bonds. The van der Waals surface area contributed by atoms with E-state index in [4.69, 9.17) is 6.57 Å². The number of nitrogens with one attached hydrogen (secondary N) is 2. The van der Waals surface area contributed by atoms with Gasteiger partial charge in [0.2, 0.25) is 11.6 Å². The van der Waals surface area contributed by atoms with Gasteiger partial charge in [-0.2, -0.15) is 4.68 Å². The Balaban J connectivity index is 1.20. The van der Waals surface area contributed by atoms with Crippen LogP contribution in [0.2, 0.25) is 0 Å². The zero-order valence-corrected chi connectivity index (χ0v) is 20.1. The number of hydrogen-bond acceptors (Lipinski definition) is 8. The Labute approximate surface area is 209 Å². The van der Waals surface area contributed by atoms with Crippen LogP contribution in [0.1, 0.15) is 56.7 Å². The van der Waals surface area contributed by atoms with Crippen LogP contribution in [0, 0.1) is 18.3 Å². The molecule has 2 aromatic heterocycles. The molecule has 1 aliphatic carbocycles. The highest BCUT2D eigenvalue weighted by atomic mass is 19.1. The van der Waals surface area contributed by atoms with Crippen molar-refractivity contribution in [2.75, 3.05) is 30.3 Å². The highest BCUT2D eigenvalue weighted by Gasteiger charge is 2.33. The van der Waals surface area contributed by atoms with E-state index >= 15 is 0 Å². The van der Waals surface area contributed by atoms with Gasteiger partial charge in [0, 0.05) is 24.7 Å². The topological polar surface area (TPSA) is 101 Å². The van der Waals surface area contributed by atoms with Gasteiger partial charge in [-0.1, -0.05) is 6.42 Å². The van der Waals surface area contributed by atoms with Crippen LogP contribution in [-0.4, -0.2) is 60.8 Å². The first-order valence-corrected chi connectivity index (χ1v) is 12.8. The van der Waals surface area contributed by atoms with E-state index in [0.717, 1.165) is 25.2 Å². The van der Waals surface area contributed by atoms with E-state index in [1.165, 1.54) is 57.5 Å². The largest absolute Gasteiger partial charge is 0.378 e. The van der Waals surface area contributed by atoms with Crippen molar-refractivity contribution in [2.24, 2.45) is 5.92 Å². The number of nitrogens with zero attached hydrogens (tertiary/aromatic N) is 8. The number of tetrazole rings is 1. The maximum Gasteiger partial charge on any atom is 0.246 e. The molecule has 2 aliphatic heterocycles. The van der Waals surface area contributed by atoms with Crippen LogP contribution in [0.25, 0.3) is 10.5 Å². The fourth-order valence-corrected chi connectivity index (χ4v) is 5.53. The second-order valence-electron chi connectivity index (χ2n) is 9.93. The summed E-state index contributed by atoms with van der Waals surface area (Å²) in [5.74, 6) is 1.92. The molecule has 0 bridgehead atoms. The van der Waals surface area contributed by atoms with Crippen molar-refractivity contribution in [2.45, 2.75) is 56.9 Å². The molecule has 6 rings (SSSR count). The lowest BCUT2D eigenvalue weighted by Crippen LogP contribution is -2.49. The van der Waals surface area contributed by atoms with Gasteiger partial charge < -0.3 is 15.5 Å². The van der Waals surface area contributed by atoms with Gasteiger partial charge in [0.05, 0.1) is 17.9 Å². The summed E-state index contributed by atoms with van der Waals surface area (Å²) >= 11 is 0. The van der Waals surface area contributed by atoms with Gasteiger partial charge in [-0.05, 0) is 86.2 Å². The Hall–Kier alpha value is -3.65. The molecule has 3 aliphatic rings. The third-order valence-corrected chi connectivity index (χ3v) is 7.53. The molecule has 3 aromatic rings. The minimum absolute atomic E-state index is 0.219. The van der Waals surface area contributed by atoms with Gasteiger partial charge in [-0.3, -0.25) is 0 Å². The molecule has 1 saturated carbocycles. The molecule has 0 radical (unpaired) electrons. The van der Waals surface area contributed by atoms with E-state index in [9.17, 15) is 4.39 Å². The van der Waals surface area contributed by atoms with E-state index < -0.39 is 5.82 Å². The van der Waals surface area contributed by atoms with Crippen molar-refractivity contribution in [3.8, 4) is 5.69 Å². The number of halogens is 1. The Morgan fingerprint density at radius 3 is 2.86 bits per heavy atom. The molecule has 4 heterocycles. The Bertz CT molecular complexity index is 1280. The SMILES string of the molecule is [C-]#[N+]c1cnc(Nc2cc(-n3nnnc3C3CC3)ccc2F)nc1NC[C@@H]1CCCN2CCCC[C@H]12. The van der Waals surface area contributed by atoms with E-state index in [0.29, 0.717) is 35.1 Å². The lowest BCUT2D eigenvalue weighted by Gasteiger charge is -2.44. The van der Waals surface area contributed by atoms with E-state index in [2.05, 4.69) is 45.9 Å². The minimum atomic E-state index is -0.438. The second kappa shape index (κ2) is 9.78. The van der Waals surface area contributed by atoms with Gasteiger partial charge in [0.25, 0.3) is 0 Å². The van der Waals surface area contributed by atoms with Gasteiger partial charge in [0.1, 0.15) is 11.6 Å². The van der Waals surface area contributed by atoms with Crippen LogP contribution >= 0.6 is 0 Å². The fraction of sp³-hybridized carbons (Fsp3) is 0.520. The molecular weight excluding hydrogens is 459 g/mol. The second-order valence-corrected chi connectivity index (χ2v) is 9.93. The van der Waals surface area contributed by atoms with Crippen LogP contribution in [0.3, 0.4) is 0 Å². The number of anilines is 3. The summed E-state index contributed by atoms with van der Waals surface area (Å²) in [5, 5.41) is 18.4. The van der Waals surface area contributed by atoms with Crippen molar-refractivity contribution in [1.29, 1.82) is 0 Å². The van der Waals surface area contributed by atoms with Crippen molar-refractivity contribution in [3.63, 3.8) is 0 Å². The molecule has 3 fully saturated rings. The average molecular weight is 489 g/mol. The molecule has 11 heteroatoms. The molecule has 2 saturated heterocycles. The van der Waals surface area contributed by atoms with Crippen molar-refractivity contribution >= 4 is 23.1 Å². The van der Waals surface area contributed by atoms with Crippen LogP contribution in [-0.2, 0) is 0 Å². The van der Waals surface area contributed by atoms with E-state index in [1.807, 2.05) is 0 Å². The number of benzene rings is 1. The van der Waals surface area contributed by atoms with Crippen LogP contribution in [0.5, 0.6) is 0 Å². The average Bonchev–Trinajstić information content (AvgIpc) is 3.64. The van der Waals surface area contributed by atoms with Gasteiger partial charge in [-0.15, -0.1) is 5.10 Å². The normalized spacial score (nSPS) is 22.0. The zero-order valence-electron chi connectivity index (χ0n) is 20.1. The summed E-state index contributed by atoms with van der Waals surface area (Å²) in [6, 6.07) is 5.27. The summed E-state index contributed by atoms with van der Waals surface area (Å²) in [7, 11) is 0. The standard InChI is InChI=1S/C25H29FN10/c1-27-21-15-29-25(31-23(21)28-14-17-5-4-12-35-11-3-2-6-22(17)35)30-20-13-18(9-10-19(20)26)36-24(16-7-8-16)32-33-34-36/h9-10,13,15-17,22H,2-8,11-12,14H2,(H2,28,29,30,31)/t17-,22+/m0/s1. The lowest BCUT2D eigenvalue weighted by atomic mass is 9.83. The number of fused-ring (bicyclic) bond motifs is 1. The number of hydrogen-bond donors (Lipinski definition) is 2. The van der Waals surface area contributed by atoms with E-state index in [1.54, 1.807) is 16.8 Å². The molecule has 36 heavy (non-hydrogen) atoms. The number of piperidine rings is 2. The number of rotatable bonds is 7. The summed E-state index contributed by atoms with van der Waals surface area (Å²) in [6.07, 6.45) is 9.78. The first kappa shape index (κ1) is 22.8. The number of aromatic nitrogens is 6. The molecule has 10 nitrogen and oxygen atoms in total. The highest BCUT2D eigenvalue weighted by molar-refractivity contribution is 5.67. The highest BCUT2D eigenvalue weighted by Crippen LogP contribution is 2.39. The lowest BCUT2D eigenvalue weighted by molar-refractivity contribution is 0.0649. The quantitative estimate of drug-likeness (QED) is 0.471. The zero-order chi connectivity index (χ0) is 24.5. The van der Waals surface area contributed by atoms with Gasteiger partial charge in [0.15, 0.2) is 5.82 Å². The maximum absolute atomic E-state index is 14.7. The molecule has 2 N–H and O–H groups in total. The summed E-state index contributed by atoms with van der Waals surface area (Å²) in [6.45, 7) is 10.7. The molecule has 0 spiro atoms. The Kier molecular flexibility index (Phi) is 6.19. The molecule has 1 aromatic carbocycles. The molecule has 2 atom stereocenters. The predicted octanol–water partition coefficient (Wildman–Crippen LogP) is 4.44. The van der Waals surface area contributed by atoms with Crippen LogP contribution < -0.4 is 10.6 Å².